The van der Waals surface area contributed by atoms with Gasteiger partial charge in [-0.05, 0) is 61.0 Å². The van der Waals surface area contributed by atoms with Gasteiger partial charge >= 0.3 is 5.97 Å². The van der Waals surface area contributed by atoms with E-state index in [1.807, 2.05) is 0 Å². The first kappa shape index (κ1) is 22.3. The van der Waals surface area contributed by atoms with Gasteiger partial charge in [-0.25, -0.2) is 10.2 Å². The van der Waals surface area contributed by atoms with Crippen LogP contribution in [0.2, 0.25) is 10.0 Å². The number of pyridine rings is 1. The van der Waals surface area contributed by atoms with Crippen molar-refractivity contribution in [1.29, 1.82) is 0 Å². The minimum Gasteiger partial charge on any atom is -0.490 e. The van der Waals surface area contributed by atoms with Gasteiger partial charge in [-0.1, -0.05) is 23.2 Å². The van der Waals surface area contributed by atoms with Gasteiger partial charge in [-0.2, -0.15) is 5.10 Å². The largest absolute Gasteiger partial charge is 0.490 e. The molecule has 0 aliphatic rings. The molecule has 0 saturated carbocycles. The first-order valence-electron chi connectivity index (χ1n) is 9.15. The first-order valence-corrected chi connectivity index (χ1v) is 9.91. The Morgan fingerprint density at radius 2 is 1.97 bits per heavy atom. The summed E-state index contributed by atoms with van der Waals surface area (Å²) in [6.45, 7) is 2.15. The van der Waals surface area contributed by atoms with Crippen LogP contribution in [0.4, 0.5) is 0 Å². The highest BCUT2D eigenvalue weighted by atomic mass is 35.5. The fourth-order valence-electron chi connectivity index (χ4n) is 2.49. The molecule has 0 spiro atoms. The van der Waals surface area contributed by atoms with E-state index in [-0.39, 0.29) is 22.2 Å². The number of esters is 1. The number of nitrogens with zero attached hydrogens (tertiary/aromatic N) is 2. The topological polar surface area (TPSA) is 89.9 Å². The summed E-state index contributed by atoms with van der Waals surface area (Å²) in [5.74, 6) is -0.481. The van der Waals surface area contributed by atoms with E-state index in [1.54, 1.807) is 49.5 Å². The standard InChI is InChI=1S/C22H17Cl2N3O4/c1-2-30-20-10-14(12-26-27-21(28)15-4-3-9-25-13-15)5-8-19(20)31-22(29)17-7-6-16(23)11-18(17)24/h3-13H,2H2,1H3,(H,27,28). The van der Waals surface area contributed by atoms with Gasteiger partial charge in [0.05, 0.1) is 29.0 Å². The lowest BCUT2D eigenvalue weighted by Crippen LogP contribution is -2.17. The van der Waals surface area contributed by atoms with Crippen molar-refractivity contribution >= 4 is 41.3 Å². The molecule has 0 aliphatic heterocycles. The smallest absolute Gasteiger partial charge is 0.345 e. The first-order chi connectivity index (χ1) is 15.0. The summed E-state index contributed by atoms with van der Waals surface area (Å²) >= 11 is 11.9. The maximum Gasteiger partial charge on any atom is 0.345 e. The van der Waals surface area contributed by atoms with Crippen LogP contribution in [0, 0.1) is 0 Å². The van der Waals surface area contributed by atoms with Crippen molar-refractivity contribution < 1.29 is 19.1 Å². The third-order valence-corrected chi connectivity index (χ3v) is 4.47. The van der Waals surface area contributed by atoms with Crippen molar-refractivity contribution in [3.63, 3.8) is 0 Å². The summed E-state index contributed by atoms with van der Waals surface area (Å²) in [6, 6.07) is 12.6. The SMILES string of the molecule is CCOc1cc(C=NNC(=O)c2cccnc2)ccc1OC(=O)c1ccc(Cl)cc1Cl. The summed E-state index contributed by atoms with van der Waals surface area (Å²) in [5.41, 5.74) is 3.61. The molecule has 7 nitrogen and oxygen atoms in total. The molecule has 158 valence electrons. The third-order valence-electron chi connectivity index (χ3n) is 3.92. The molecular weight excluding hydrogens is 441 g/mol. The van der Waals surface area contributed by atoms with Crippen LogP contribution in [0.15, 0.2) is 66.0 Å². The Morgan fingerprint density at radius 1 is 1.13 bits per heavy atom. The summed E-state index contributed by atoms with van der Waals surface area (Å²) in [5, 5.41) is 4.53. The third kappa shape index (κ3) is 6.04. The molecule has 0 aliphatic carbocycles. The molecule has 2 aromatic carbocycles. The minimum atomic E-state index is -0.646. The van der Waals surface area contributed by atoms with Crippen molar-refractivity contribution in [3.05, 3.63) is 87.7 Å². The number of aromatic nitrogens is 1. The highest BCUT2D eigenvalue weighted by Gasteiger charge is 2.16. The number of hydrogen-bond donors (Lipinski definition) is 1. The molecule has 1 amide bonds. The van der Waals surface area contributed by atoms with Crippen molar-refractivity contribution in [3.8, 4) is 11.5 Å². The monoisotopic (exact) mass is 457 g/mol. The average molecular weight is 458 g/mol. The van der Waals surface area contributed by atoms with E-state index in [4.69, 9.17) is 32.7 Å². The molecule has 0 radical (unpaired) electrons. The molecule has 0 unspecified atom stereocenters. The van der Waals surface area contributed by atoms with Crippen LogP contribution < -0.4 is 14.9 Å². The van der Waals surface area contributed by atoms with Gasteiger partial charge in [0.2, 0.25) is 0 Å². The number of benzene rings is 2. The zero-order chi connectivity index (χ0) is 22.2. The van der Waals surface area contributed by atoms with Gasteiger partial charge in [-0.3, -0.25) is 9.78 Å². The predicted molar refractivity (Wildman–Crippen MR) is 118 cm³/mol. The Balaban J connectivity index is 1.73. The lowest BCUT2D eigenvalue weighted by Gasteiger charge is -2.12. The number of hydrogen-bond acceptors (Lipinski definition) is 6. The summed E-state index contributed by atoms with van der Waals surface area (Å²) in [7, 11) is 0. The van der Waals surface area contributed by atoms with Crippen LogP contribution >= 0.6 is 23.2 Å². The molecule has 0 fully saturated rings. The summed E-state index contributed by atoms with van der Waals surface area (Å²) in [4.78, 5) is 28.4. The lowest BCUT2D eigenvalue weighted by atomic mass is 10.2. The van der Waals surface area contributed by atoms with Gasteiger partial charge in [0, 0.05) is 17.4 Å². The summed E-state index contributed by atoms with van der Waals surface area (Å²) < 4.78 is 11.0. The van der Waals surface area contributed by atoms with E-state index in [0.29, 0.717) is 28.5 Å². The number of carbonyl (C=O) groups is 2. The fourth-order valence-corrected chi connectivity index (χ4v) is 2.98. The van der Waals surface area contributed by atoms with Gasteiger partial charge in [0.25, 0.3) is 5.91 Å². The molecule has 3 rings (SSSR count). The maximum atomic E-state index is 12.5. The quantitative estimate of drug-likeness (QED) is 0.239. The normalized spacial score (nSPS) is 10.7. The van der Waals surface area contributed by atoms with Gasteiger partial charge in [-0.15, -0.1) is 0 Å². The average Bonchev–Trinajstić information content (AvgIpc) is 2.76. The summed E-state index contributed by atoms with van der Waals surface area (Å²) in [6.07, 6.45) is 4.46. The second-order valence-electron chi connectivity index (χ2n) is 6.09. The van der Waals surface area contributed by atoms with Crippen LogP contribution in [0.5, 0.6) is 11.5 Å². The number of amides is 1. The van der Waals surface area contributed by atoms with E-state index in [9.17, 15) is 9.59 Å². The van der Waals surface area contributed by atoms with E-state index >= 15 is 0 Å². The maximum absolute atomic E-state index is 12.5. The molecule has 9 heteroatoms. The number of nitrogens with one attached hydrogen (secondary N) is 1. The molecule has 1 N–H and O–H groups in total. The van der Waals surface area contributed by atoms with Crippen molar-refractivity contribution in [2.45, 2.75) is 6.92 Å². The number of hydrazone groups is 1. The zero-order valence-corrected chi connectivity index (χ0v) is 17.9. The van der Waals surface area contributed by atoms with E-state index in [0.717, 1.165) is 0 Å². The van der Waals surface area contributed by atoms with Crippen LogP contribution in [0.25, 0.3) is 0 Å². The second kappa shape index (κ2) is 10.6. The molecule has 1 aromatic heterocycles. The van der Waals surface area contributed by atoms with Crippen molar-refractivity contribution in [2.24, 2.45) is 5.10 Å². The Labute approximate surface area is 188 Å². The number of carbonyl (C=O) groups excluding carboxylic acids is 2. The molecule has 3 aromatic rings. The molecule has 0 bridgehead atoms. The van der Waals surface area contributed by atoms with Gasteiger partial charge in [0.1, 0.15) is 0 Å². The van der Waals surface area contributed by atoms with E-state index in [1.165, 1.54) is 24.5 Å². The van der Waals surface area contributed by atoms with E-state index < -0.39 is 5.97 Å². The highest BCUT2D eigenvalue weighted by Crippen LogP contribution is 2.30. The van der Waals surface area contributed by atoms with Crippen LogP contribution in [-0.4, -0.2) is 29.7 Å². The molecule has 0 saturated heterocycles. The molecule has 1 heterocycles. The van der Waals surface area contributed by atoms with Gasteiger partial charge in [0.15, 0.2) is 11.5 Å². The zero-order valence-electron chi connectivity index (χ0n) is 16.3. The van der Waals surface area contributed by atoms with Crippen LogP contribution in [0.3, 0.4) is 0 Å². The van der Waals surface area contributed by atoms with Crippen LogP contribution in [-0.2, 0) is 0 Å². The number of rotatable bonds is 7. The number of ether oxygens (including phenoxy) is 2. The Kier molecular flexibility index (Phi) is 7.59. The minimum absolute atomic E-state index is 0.178. The van der Waals surface area contributed by atoms with E-state index in [2.05, 4.69) is 15.5 Å². The van der Waals surface area contributed by atoms with Crippen molar-refractivity contribution in [1.82, 2.24) is 10.4 Å². The molecule has 31 heavy (non-hydrogen) atoms. The van der Waals surface area contributed by atoms with Crippen molar-refractivity contribution in [2.75, 3.05) is 6.61 Å². The Hall–Kier alpha value is -3.42. The fraction of sp³-hybridized carbons (Fsp3) is 0.0909. The highest BCUT2D eigenvalue weighted by molar-refractivity contribution is 6.36. The molecular formula is C22H17Cl2N3O4. The Bertz CT molecular complexity index is 1120. The predicted octanol–water partition coefficient (Wildman–Crippen LogP) is 4.77. The molecule has 0 atom stereocenters. The van der Waals surface area contributed by atoms with Crippen LogP contribution in [0.1, 0.15) is 33.2 Å². The second-order valence-corrected chi connectivity index (χ2v) is 6.94. The lowest BCUT2D eigenvalue weighted by molar-refractivity contribution is 0.0728. The van der Waals surface area contributed by atoms with Gasteiger partial charge < -0.3 is 9.47 Å². The number of halogens is 2. The Morgan fingerprint density at radius 3 is 2.68 bits per heavy atom.